The van der Waals surface area contributed by atoms with E-state index in [2.05, 4.69) is 19.9 Å². The van der Waals surface area contributed by atoms with Gasteiger partial charge in [0.25, 0.3) is 5.91 Å². The number of pyridine rings is 2. The Morgan fingerprint density at radius 2 is 2.07 bits per heavy atom. The maximum absolute atomic E-state index is 12.8. The van der Waals surface area contributed by atoms with Crippen molar-refractivity contribution in [2.75, 3.05) is 19.7 Å². The third kappa shape index (κ3) is 4.30. The van der Waals surface area contributed by atoms with Crippen LogP contribution in [-0.4, -0.2) is 56.3 Å². The summed E-state index contributed by atoms with van der Waals surface area (Å²) in [5.74, 6) is 0.461. The predicted octanol–water partition coefficient (Wildman–Crippen LogP) is 3.09. The number of fused-ring (bicyclic) bond motifs is 1. The van der Waals surface area contributed by atoms with Crippen molar-refractivity contribution in [2.45, 2.75) is 24.9 Å². The molecule has 4 rings (SSSR count). The molecule has 1 aliphatic heterocycles. The molecule has 0 aliphatic carbocycles. The lowest BCUT2D eigenvalue weighted by Gasteiger charge is -2.32. The number of alkyl halides is 3. The van der Waals surface area contributed by atoms with Gasteiger partial charge < -0.3 is 9.64 Å². The first kappa shape index (κ1) is 19.2. The zero-order chi connectivity index (χ0) is 20.4. The molecule has 0 N–H and O–H groups in total. The molecule has 1 aliphatic rings. The number of nitrogens with zero attached hydrogens (tertiary/aromatic N) is 5. The molecule has 0 bridgehead atoms. The Hall–Kier alpha value is -3.17. The molecule has 0 radical (unpaired) electrons. The Balaban J connectivity index is 1.45. The van der Waals surface area contributed by atoms with Gasteiger partial charge >= 0.3 is 6.18 Å². The molecule has 1 saturated heterocycles. The van der Waals surface area contributed by atoms with Crippen LogP contribution < -0.4 is 4.74 Å². The molecule has 4 heterocycles. The Kier molecular flexibility index (Phi) is 5.08. The van der Waals surface area contributed by atoms with Crippen LogP contribution in [-0.2, 0) is 0 Å². The van der Waals surface area contributed by atoms with Crippen molar-refractivity contribution in [3.63, 3.8) is 0 Å². The van der Waals surface area contributed by atoms with Crippen LogP contribution in [0.3, 0.4) is 0 Å². The number of piperidine rings is 1. The number of amides is 1. The van der Waals surface area contributed by atoms with Gasteiger partial charge in [-0.3, -0.25) is 9.20 Å². The van der Waals surface area contributed by atoms with E-state index in [-0.39, 0.29) is 17.7 Å². The van der Waals surface area contributed by atoms with Crippen LogP contribution in [0, 0.1) is 0 Å². The van der Waals surface area contributed by atoms with Gasteiger partial charge in [-0.05, 0) is 31.0 Å². The van der Waals surface area contributed by atoms with E-state index in [1.165, 1.54) is 18.3 Å². The van der Waals surface area contributed by atoms with Gasteiger partial charge in [-0.15, -0.1) is 10.2 Å². The zero-order valence-corrected chi connectivity index (χ0v) is 15.3. The van der Waals surface area contributed by atoms with Gasteiger partial charge in [0.2, 0.25) is 5.88 Å². The molecule has 152 valence electrons. The molecule has 3 aromatic heterocycles. The van der Waals surface area contributed by atoms with Crippen LogP contribution in [0.1, 0.15) is 34.9 Å². The number of carbonyl (C=O) groups excluding carboxylic acids is 1. The summed E-state index contributed by atoms with van der Waals surface area (Å²) >= 11 is 0. The first-order chi connectivity index (χ1) is 13.9. The number of rotatable bonds is 4. The molecule has 1 atom stereocenters. The molecule has 7 nitrogen and oxygen atoms in total. The van der Waals surface area contributed by atoms with E-state index < -0.39 is 12.8 Å². The summed E-state index contributed by atoms with van der Waals surface area (Å²) in [5.41, 5.74) is 1.06. The molecule has 29 heavy (non-hydrogen) atoms. The zero-order valence-electron chi connectivity index (χ0n) is 15.3. The van der Waals surface area contributed by atoms with Crippen LogP contribution in [0.2, 0.25) is 0 Å². The fourth-order valence-corrected chi connectivity index (χ4v) is 3.44. The average Bonchev–Trinajstić information content (AvgIpc) is 3.16. The Morgan fingerprint density at radius 1 is 1.21 bits per heavy atom. The van der Waals surface area contributed by atoms with Crippen molar-refractivity contribution in [3.05, 3.63) is 54.1 Å². The Morgan fingerprint density at radius 3 is 2.83 bits per heavy atom. The maximum atomic E-state index is 12.8. The van der Waals surface area contributed by atoms with Gasteiger partial charge in [-0.1, -0.05) is 6.07 Å². The number of likely N-dealkylation sites (tertiary alicyclic amines) is 1. The largest absolute Gasteiger partial charge is 0.468 e. The molecule has 3 aromatic rings. The van der Waals surface area contributed by atoms with Crippen LogP contribution in [0.4, 0.5) is 13.2 Å². The molecular formula is C19H18F3N5O2. The fraction of sp³-hybridized carbons (Fsp3) is 0.368. The normalized spacial score (nSPS) is 17.5. The minimum absolute atomic E-state index is 0.0486. The minimum Gasteiger partial charge on any atom is -0.468 e. The van der Waals surface area contributed by atoms with Crippen molar-refractivity contribution in [3.8, 4) is 5.88 Å². The molecule has 0 saturated carbocycles. The quantitative estimate of drug-likeness (QED) is 0.667. The summed E-state index contributed by atoms with van der Waals surface area (Å²) in [5, 5.41) is 8.46. The smallest absolute Gasteiger partial charge is 0.422 e. The van der Waals surface area contributed by atoms with E-state index in [0.29, 0.717) is 18.7 Å². The predicted molar refractivity (Wildman–Crippen MR) is 96.7 cm³/mol. The minimum atomic E-state index is -4.44. The van der Waals surface area contributed by atoms with Crippen molar-refractivity contribution in [1.82, 2.24) is 24.5 Å². The average molecular weight is 405 g/mol. The van der Waals surface area contributed by atoms with Crippen molar-refractivity contribution < 1.29 is 22.7 Å². The van der Waals surface area contributed by atoms with Gasteiger partial charge in [-0.2, -0.15) is 13.2 Å². The molecule has 0 aromatic carbocycles. The van der Waals surface area contributed by atoms with Crippen molar-refractivity contribution in [1.29, 1.82) is 0 Å². The van der Waals surface area contributed by atoms with E-state index in [4.69, 9.17) is 0 Å². The topological polar surface area (TPSA) is 72.6 Å². The lowest BCUT2D eigenvalue weighted by molar-refractivity contribution is -0.154. The molecule has 1 unspecified atom stereocenters. The van der Waals surface area contributed by atoms with Gasteiger partial charge in [0.1, 0.15) is 5.82 Å². The third-order valence-electron chi connectivity index (χ3n) is 4.78. The van der Waals surface area contributed by atoms with E-state index in [1.807, 2.05) is 28.8 Å². The fourth-order valence-electron chi connectivity index (χ4n) is 3.44. The number of hydrogen-bond donors (Lipinski definition) is 0. The highest BCUT2D eigenvalue weighted by atomic mass is 19.4. The highest BCUT2D eigenvalue weighted by Crippen LogP contribution is 2.27. The van der Waals surface area contributed by atoms with Crippen molar-refractivity contribution in [2.24, 2.45) is 0 Å². The van der Waals surface area contributed by atoms with Gasteiger partial charge in [0.05, 0.1) is 5.56 Å². The van der Waals surface area contributed by atoms with E-state index in [1.54, 1.807) is 4.90 Å². The molecule has 1 fully saturated rings. The van der Waals surface area contributed by atoms with E-state index in [9.17, 15) is 18.0 Å². The Bertz CT molecular complexity index is 1000. The third-order valence-corrected chi connectivity index (χ3v) is 4.78. The number of ether oxygens (including phenoxy) is 1. The monoisotopic (exact) mass is 405 g/mol. The molecule has 1 amide bonds. The Labute approximate surface area is 164 Å². The first-order valence-electron chi connectivity index (χ1n) is 9.15. The number of hydrogen-bond acceptors (Lipinski definition) is 5. The van der Waals surface area contributed by atoms with Gasteiger partial charge in [0, 0.05) is 37.5 Å². The second-order valence-corrected chi connectivity index (χ2v) is 6.87. The summed E-state index contributed by atoms with van der Waals surface area (Å²) in [4.78, 5) is 18.4. The summed E-state index contributed by atoms with van der Waals surface area (Å²) in [6.45, 7) is -0.341. The van der Waals surface area contributed by atoms with E-state index >= 15 is 0 Å². The second-order valence-electron chi connectivity index (χ2n) is 6.87. The lowest BCUT2D eigenvalue weighted by Crippen LogP contribution is -2.39. The van der Waals surface area contributed by atoms with Gasteiger partial charge in [0.15, 0.2) is 12.3 Å². The maximum Gasteiger partial charge on any atom is 0.422 e. The molecule has 0 spiro atoms. The SMILES string of the molecule is O=C(c1ccc(OCC(F)(F)F)nc1)N1CCCC(c2nnc3ccccn23)C1. The summed E-state index contributed by atoms with van der Waals surface area (Å²) in [7, 11) is 0. The standard InChI is InChI=1S/C19H18F3N5O2/c20-19(21,22)12-29-16-7-6-13(10-23-16)18(28)26-8-3-4-14(11-26)17-25-24-15-5-1-2-9-27(15)17/h1-2,5-7,9-10,14H,3-4,8,11-12H2. The number of halogens is 3. The summed E-state index contributed by atoms with van der Waals surface area (Å²) in [6, 6.07) is 8.36. The van der Waals surface area contributed by atoms with Crippen LogP contribution in [0.25, 0.3) is 5.65 Å². The molecular weight excluding hydrogens is 387 g/mol. The summed E-state index contributed by atoms with van der Waals surface area (Å²) in [6.07, 6.45) is 0.407. The highest BCUT2D eigenvalue weighted by molar-refractivity contribution is 5.94. The lowest BCUT2D eigenvalue weighted by atomic mass is 9.96. The first-order valence-corrected chi connectivity index (χ1v) is 9.15. The number of carbonyl (C=O) groups is 1. The van der Waals surface area contributed by atoms with Crippen LogP contribution in [0.5, 0.6) is 5.88 Å². The second kappa shape index (κ2) is 7.69. The van der Waals surface area contributed by atoms with Crippen molar-refractivity contribution >= 4 is 11.6 Å². The molecule has 10 heteroatoms. The highest BCUT2D eigenvalue weighted by Gasteiger charge is 2.30. The number of aromatic nitrogens is 4. The van der Waals surface area contributed by atoms with Crippen LogP contribution >= 0.6 is 0 Å². The van der Waals surface area contributed by atoms with E-state index in [0.717, 1.165) is 24.3 Å². The summed E-state index contributed by atoms with van der Waals surface area (Å²) < 4.78 is 43.2. The van der Waals surface area contributed by atoms with Crippen LogP contribution in [0.15, 0.2) is 42.7 Å². The van der Waals surface area contributed by atoms with Gasteiger partial charge in [-0.25, -0.2) is 4.98 Å².